The molecule has 6 heteroatoms. The summed E-state index contributed by atoms with van der Waals surface area (Å²) in [6.45, 7) is 9.04. The van der Waals surface area contributed by atoms with Gasteiger partial charge < -0.3 is 14.1 Å². The number of ether oxygens (including phenoxy) is 1. The lowest BCUT2D eigenvalue weighted by molar-refractivity contribution is -0.128. The molecule has 0 N–H and O–H groups in total. The van der Waals surface area contributed by atoms with Crippen LogP contribution in [0.1, 0.15) is 57.2 Å². The number of rotatable bonds is 4. The van der Waals surface area contributed by atoms with Gasteiger partial charge in [0.2, 0.25) is 11.8 Å². The first-order chi connectivity index (χ1) is 9.58. The molecule has 1 unspecified atom stereocenters. The lowest BCUT2D eigenvalue weighted by Crippen LogP contribution is -2.30. The van der Waals surface area contributed by atoms with E-state index in [2.05, 4.69) is 40.7 Å². The largest absolute Gasteiger partial charge is 0.468 e. The molecule has 1 aromatic heterocycles. The monoisotopic (exact) mass is 283 g/mol. The molecule has 0 aliphatic carbocycles. The van der Waals surface area contributed by atoms with Crippen LogP contribution in [0.3, 0.4) is 0 Å². The number of hydrogen-bond acceptors (Lipinski definition) is 6. The second-order valence-corrected chi connectivity index (χ2v) is 5.29. The maximum Gasteiger partial charge on any atom is 0.293 e. The minimum absolute atomic E-state index is 0.326. The quantitative estimate of drug-likeness (QED) is 0.789. The van der Waals surface area contributed by atoms with Gasteiger partial charge in [-0.3, -0.25) is 4.79 Å². The van der Waals surface area contributed by atoms with Gasteiger partial charge in [-0.1, -0.05) is 13.8 Å². The van der Waals surface area contributed by atoms with Crippen LogP contribution in [-0.4, -0.2) is 48.3 Å². The van der Waals surface area contributed by atoms with Crippen molar-refractivity contribution >= 4 is 6.47 Å². The molecule has 0 saturated carbocycles. The Hall–Kier alpha value is -1.43. The number of likely N-dealkylation sites (tertiary alicyclic amines) is 1. The summed E-state index contributed by atoms with van der Waals surface area (Å²) >= 11 is 0. The first-order valence-corrected chi connectivity index (χ1v) is 7.15. The smallest absolute Gasteiger partial charge is 0.293 e. The average molecular weight is 283 g/mol. The van der Waals surface area contributed by atoms with Crippen LogP contribution in [0.25, 0.3) is 0 Å². The van der Waals surface area contributed by atoms with Crippen LogP contribution < -0.4 is 0 Å². The van der Waals surface area contributed by atoms with Crippen molar-refractivity contribution in [3.8, 4) is 0 Å². The Morgan fingerprint density at radius 2 is 2.25 bits per heavy atom. The third kappa shape index (κ3) is 5.28. The summed E-state index contributed by atoms with van der Waals surface area (Å²) in [7, 11) is 2.14. The number of aromatic nitrogens is 2. The summed E-state index contributed by atoms with van der Waals surface area (Å²) in [5.74, 6) is 2.35. The van der Waals surface area contributed by atoms with E-state index in [0.717, 1.165) is 18.3 Å². The number of likely N-dealkylation sites (N-methyl/N-ethyl adjacent to an activating group) is 1. The van der Waals surface area contributed by atoms with Gasteiger partial charge in [0.15, 0.2) is 0 Å². The van der Waals surface area contributed by atoms with E-state index in [0.29, 0.717) is 24.9 Å². The molecule has 0 bridgehead atoms. The normalized spacial score (nSPS) is 19.4. The van der Waals surface area contributed by atoms with Crippen LogP contribution in [0.15, 0.2) is 4.42 Å². The van der Waals surface area contributed by atoms with Gasteiger partial charge in [-0.25, -0.2) is 0 Å². The highest BCUT2D eigenvalue weighted by atomic mass is 16.5. The van der Waals surface area contributed by atoms with E-state index >= 15 is 0 Å². The van der Waals surface area contributed by atoms with Gasteiger partial charge in [0, 0.05) is 12.5 Å². The molecule has 1 saturated heterocycles. The Balaban J connectivity index is 0.000000347. The molecule has 20 heavy (non-hydrogen) atoms. The predicted molar refractivity (Wildman–Crippen MR) is 75.5 cm³/mol. The molecule has 1 atom stereocenters. The maximum absolute atomic E-state index is 9.18. The standard InChI is InChI=1S/C11H19N3O.C3H6O2/c1-8(2)10-12-13-11(15-10)9-5-4-6-14(3)7-9;1-2-5-3-4/h8-9H,4-7H2,1-3H3;3H,2H2,1H3. The van der Waals surface area contributed by atoms with E-state index < -0.39 is 0 Å². The van der Waals surface area contributed by atoms with Gasteiger partial charge in [-0.15, -0.1) is 10.2 Å². The van der Waals surface area contributed by atoms with E-state index in [-0.39, 0.29) is 0 Å². The first kappa shape index (κ1) is 16.6. The lowest BCUT2D eigenvalue weighted by atomic mass is 9.99. The fourth-order valence-corrected chi connectivity index (χ4v) is 2.08. The van der Waals surface area contributed by atoms with E-state index in [1.54, 1.807) is 6.92 Å². The van der Waals surface area contributed by atoms with Gasteiger partial charge >= 0.3 is 0 Å². The maximum atomic E-state index is 9.18. The minimum Gasteiger partial charge on any atom is -0.468 e. The summed E-state index contributed by atoms with van der Waals surface area (Å²) in [5.41, 5.74) is 0. The summed E-state index contributed by atoms with van der Waals surface area (Å²) in [4.78, 5) is 11.5. The molecule has 0 radical (unpaired) electrons. The van der Waals surface area contributed by atoms with E-state index in [1.165, 1.54) is 19.4 Å². The molecule has 1 aliphatic heterocycles. The third-order valence-electron chi connectivity index (χ3n) is 3.16. The summed E-state index contributed by atoms with van der Waals surface area (Å²) < 4.78 is 9.84. The molecule has 1 aliphatic rings. The second-order valence-electron chi connectivity index (χ2n) is 5.29. The fraction of sp³-hybridized carbons (Fsp3) is 0.786. The van der Waals surface area contributed by atoms with Crippen molar-refractivity contribution in [2.24, 2.45) is 0 Å². The second kappa shape index (κ2) is 8.68. The van der Waals surface area contributed by atoms with E-state index in [9.17, 15) is 4.79 Å². The Bertz CT molecular complexity index is 393. The third-order valence-corrected chi connectivity index (χ3v) is 3.16. The highest BCUT2D eigenvalue weighted by Crippen LogP contribution is 2.26. The van der Waals surface area contributed by atoms with Gasteiger partial charge in [-0.2, -0.15) is 0 Å². The van der Waals surface area contributed by atoms with Crippen molar-refractivity contribution in [1.82, 2.24) is 15.1 Å². The molecular formula is C14H25N3O3. The van der Waals surface area contributed by atoms with Crippen molar-refractivity contribution in [2.75, 3.05) is 26.7 Å². The molecular weight excluding hydrogens is 258 g/mol. The van der Waals surface area contributed by atoms with Crippen molar-refractivity contribution < 1.29 is 13.9 Å². The van der Waals surface area contributed by atoms with Crippen molar-refractivity contribution in [3.63, 3.8) is 0 Å². The molecule has 114 valence electrons. The molecule has 1 fully saturated rings. The Kier molecular flexibility index (Phi) is 7.22. The van der Waals surface area contributed by atoms with E-state index in [1.807, 2.05) is 0 Å². The number of carbonyl (C=O) groups is 1. The highest BCUT2D eigenvalue weighted by molar-refractivity contribution is 5.36. The number of hydrogen-bond donors (Lipinski definition) is 0. The fourth-order valence-electron chi connectivity index (χ4n) is 2.08. The van der Waals surface area contributed by atoms with Crippen LogP contribution in [0.4, 0.5) is 0 Å². The SMILES string of the molecule is CC(C)c1nnc(C2CCCN(C)C2)o1.CCOC=O. The molecule has 6 nitrogen and oxygen atoms in total. The summed E-state index contributed by atoms with van der Waals surface area (Å²) in [5, 5.41) is 8.23. The zero-order chi connectivity index (χ0) is 15.0. The van der Waals surface area contributed by atoms with Crippen LogP contribution >= 0.6 is 0 Å². The molecule has 0 spiro atoms. The van der Waals surface area contributed by atoms with Crippen LogP contribution in [0.2, 0.25) is 0 Å². The van der Waals surface area contributed by atoms with Gasteiger partial charge in [0.25, 0.3) is 6.47 Å². The van der Waals surface area contributed by atoms with Gasteiger partial charge in [-0.05, 0) is 33.4 Å². The first-order valence-electron chi connectivity index (χ1n) is 7.15. The summed E-state index contributed by atoms with van der Waals surface area (Å²) in [6, 6.07) is 0. The Morgan fingerprint density at radius 3 is 2.70 bits per heavy atom. The van der Waals surface area contributed by atoms with Gasteiger partial charge in [0.05, 0.1) is 12.5 Å². The number of piperidine rings is 1. The van der Waals surface area contributed by atoms with Crippen LogP contribution in [0.5, 0.6) is 0 Å². The Morgan fingerprint density at radius 1 is 1.50 bits per heavy atom. The zero-order valence-electron chi connectivity index (χ0n) is 12.8. The number of nitrogens with zero attached hydrogens (tertiary/aromatic N) is 3. The Labute approximate surface area is 120 Å². The minimum atomic E-state index is 0.326. The molecule has 0 aromatic carbocycles. The zero-order valence-corrected chi connectivity index (χ0v) is 12.8. The van der Waals surface area contributed by atoms with Crippen molar-refractivity contribution in [3.05, 3.63) is 11.8 Å². The van der Waals surface area contributed by atoms with Crippen LogP contribution in [-0.2, 0) is 9.53 Å². The topological polar surface area (TPSA) is 68.5 Å². The number of carbonyl (C=O) groups excluding carboxylic acids is 1. The van der Waals surface area contributed by atoms with E-state index in [4.69, 9.17) is 4.42 Å². The average Bonchev–Trinajstić information content (AvgIpc) is 2.90. The van der Waals surface area contributed by atoms with Crippen molar-refractivity contribution in [2.45, 2.75) is 45.4 Å². The highest BCUT2D eigenvalue weighted by Gasteiger charge is 2.24. The summed E-state index contributed by atoms with van der Waals surface area (Å²) in [6.07, 6.45) is 2.39. The lowest BCUT2D eigenvalue weighted by Gasteiger charge is -2.27. The van der Waals surface area contributed by atoms with Gasteiger partial charge in [0.1, 0.15) is 0 Å². The molecule has 1 aromatic rings. The van der Waals surface area contributed by atoms with Crippen LogP contribution in [0, 0.1) is 0 Å². The predicted octanol–water partition coefficient (Wildman–Crippen LogP) is 2.18. The molecule has 2 heterocycles. The molecule has 2 rings (SSSR count). The van der Waals surface area contributed by atoms with Crippen molar-refractivity contribution in [1.29, 1.82) is 0 Å². The molecule has 0 amide bonds.